The lowest BCUT2D eigenvalue weighted by Crippen LogP contribution is -2.31. The molecule has 1 aromatic carbocycles. The highest BCUT2D eigenvalue weighted by Gasteiger charge is 2.13. The molecule has 112 valence electrons. The maximum atomic E-state index is 12.2. The van der Waals surface area contributed by atoms with Crippen LogP contribution in [0.15, 0.2) is 46.8 Å². The van der Waals surface area contributed by atoms with E-state index >= 15 is 0 Å². The normalized spacial score (nSPS) is 10.8. The van der Waals surface area contributed by atoms with Crippen LogP contribution in [0.25, 0.3) is 4.96 Å². The Kier molecular flexibility index (Phi) is 3.99. The van der Waals surface area contributed by atoms with E-state index < -0.39 is 5.91 Å². The molecule has 3 aromatic rings. The number of carbonyl (C=O) groups excluding carboxylic acids is 1. The van der Waals surface area contributed by atoms with Gasteiger partial charge in [-0.15, -0.1) is 11.3 Å². The molecule has 0 saturated heterocycles. The largest absolute Gasteiger partial charge is 0.392 e. The number of benzene rings is 1. The molecule has 0 saturated carbocycles. The van der Waals surface area contributed by atoms with Gasteiger partial charge in [0.2, 0.25) is 0 Å². The maximum absolute atomic E-state index is 12.2. The fourth-order valence-electron chi connectivity index (χ4n) is 2.14. The van der Waals surface area contributed by atoms with Crippen molar-refractivity contribution in [3.63, 3.8) is 0 Å². The van der Waals surface area contributed by atoms with Crippen molar-refractivity contribution < 1.29 is 9.90 Å². The van der Waals surface area contributed by atoms with Gasteiger partial charge in [-0.1, -0.05) is 24.3 Å². The average molecular weight is 315 g/mol. The van der Waals surface area contributed by atoms with E-state index in [4.69, 9.17) is 0 Å². The van der Waals surface area contributed by atoms with Crippen LogP contribution < -0.4 is 10.9 Å². The topological polar surface area (TPSA) is 83.7 Å². The summed E-state index contributed by atoms with van der Waals surface area (Å²) in [6.07, 6.45) is 2.88. The Balaban J connectivity index is 1.82. The molecule has 1 amide bonds. The number of amides is 1. The minimum atomic E-state index is -0.481. The predicted molar refractivity (Wildman–Crippen MR) is 82.9 cm³/mol. The van der Waals surface area contributed by atoms with Crippen LogP contribution in [0.4, 0.5) is 0 Å². The number of aromatic nitrogens is 2. The molecule has 2 heterocycles. The van der Waals surface area contributed by atoms with Gasteiger partial charge in [0.05, 0.1) is 6.61 Å². The zero-order valence-electron chi connectivity index (χ0n) is 11.5. The Morgan fingerprint density at radius 2 is 2.09 bits per heavy atom. The first-order valence-electron chi connectivity index (χ1n) is 6.61. The van der Waals surface area contributed by atoms with Crippen molar-refractivity contribution in [1.82, 2.24) is 14.7 Å². The van der Waals surface area contributed by atoms with E-state index in [9.17, 15) is 14.7 Å². The molecule has 0 fully saturated rings. The maximum Gasteiger partial charge on any atom is 0.271 e. The lowest BCUT2D eigenvalue weighted by Gasteiger charge is -2.08. The third-order valence-electron chi connectivity index (χ3n) is 3.32. The molecule has 2 aromatic heterocycles. The lowest BCUT2D eigenvalue weighted by atomic mass is 10.1. The Morgan fingerprint density at radius 3 is 2.86 bits per heavy atom. The minimum absolute atomic E-state index is 0.00243. The lowest BCUT2D eigenvalue weighted by molar-refractivity contribution is 0.0948. The van der Waals surface area contributed by atoms with Gasteiger partial charge >= 0.3 is 0 Å². The van der Waals surface area contributed by atoms with Gasteiger partial charge in [-0.2, -0.15) is 0 Å². The van der Waals surface area contributed by atoms with Crippen LogP contribution in [-0.2, 0) is 13.2 Å². The van der Waals surface area contributed by atoms with Crippen molar-refractivity contribution in [2.24, 2.45) is 0 Å². The molecule has 2 N–H and O–H groups in total. The second-order valence-electron chi connectivity index (χ2n) is 4.64. The molecule has 0 atom stereocenters. The molecule has 0 bridgehead atoms. The molecular formula is C15H13N3O3S. The molecule has 0 aliphatic heterocycles. The van der Waals surface area contributed by atoms with Gasteiger partial charge < -0.3 is 10.4 Å². The number of fused-ring (bicyclic) bond motifs is 1. The minimum Gasteiger partial charge on any atom is -0.392 e. The molecule has 7 heteroatoms. The van der Waals surface area contributed by atoms with Gasteiger partial charge in [0.25, 0.3) is 11.5 Å². The monoisotopic (exact) mass is 315 g/mol. The van der Waals surface area contributed by atoms with Gasteiger partial charge in [-0.3, -0.25) is 14.0 Å². The highest BCUT2D eigenvalue weighted by molar-refractivity contribution is 7.15. The van der Waals surface area contributed by atoms with E-state index in [2.05, 4.69) is 10.3 Å². The van der Waals surface area contributed by atoms with Crippen molar-refractivity contribution in [1.29, 1.82) is 0 Å². The smallest absolute Gasteiger partial charge is 0.271 e. The van der Waals surface area contributed by atoms with Crippen LogP contribution in [0.2, 0.25) is 0 Å². The molecule has 6 nitrogen and oxygen atoms in total. The summed E-state index contributed by atoms with van der Waals surface area (Å²) >= 11 is 1.33. The molecule has 0 aliphatic rings. The number of nitrogens with zero attached hydrogens (tertiary/aromatic N) is 2. The van der Waals surface area contributed by atoms with Crippen LogP contribution >= 0.6 is 11.3 Å². The number of hydrogen-bond acceptors (Lipinski definition) is 5. The molecular weight excluding hydrogens is 302 g/mol. The van der Waals surface area contributed by atoms with E-state index in [1.54, 1.807) is 17.6 Å². The number of aliphatic hydroxyl groups excluding tert-OH is 1. The van der Waals surface area contributed by atoms with Crippen LogP contribution in [0.5, 0.6) is 0 Å². The van der Waals surface area contributed by atoms with Crippen LogP contribution in [-0.4, -0.2) is 20.4 Å². The second kappa shape index (κ2) is 6.08. The van der Waals surface area contributed by atoms with Crippen molar-refractivity contribution in [3.05, 3.63) is 69.1 Å². The summed E-state index contributed by atoms with van der Waals surface area (Å²) in [6, 6.07) is 7.25. The van der Waals surface area contributed by atoms with Crippen LogP contribution in [0.1, 0.15) is 21.5 Å². The van der Waals surface area contributed by atoms with E-state index in [0.717, 1.165) is 11.1 Å². The number of thiazole rings is 1. The summed E-state index contributed by atoms with van der Waals surface area (Å²) in [5.74, 6) is -0.481. The summed E-state index contributed by atoms with van der Waals surface area (Å²) in [7, 11) is 0. The number of hydrogen-bond donors (Lipinski definition) is 2. The quantitative estimate of drug-likeness (QED) is 0.757. The van der Waals surface area contributed by atoms with Gasteiger partial charge in [0.15, 0.2) is 4.96 Å². The number of aliphatic hydroxyl groups is 1. The van der Waals surface area contributed by atoms with Crippen molar-refractivity contribution in [2.75, 3.05) is 0 Å². The molecule has 3 rings (SSSR count). The third-order valence-corrected chi connectivity index (χ3v) is 4.09. The molecule has 0 spiro atoms. The Bertz CT molecular complexity index is 885. The molecule has 0 radical (unpaired) electrons. The van der Waals surface area contributed by atoms with Crippen LogP contribution in [0.3, 0.4) is 0 Å². The SMILES string of the molecule is O=C(NCc1ccccc1CO)c1cnc2sccn2c1=O. The first-order valence-corrected chi connectivity index (χ1v) is 7.49. The highest BCUT2D eigenvalue weighted by atomic mass is 32.1. The zero-order valence-corrected chi connectivity index (χ0v) is 12.3. The Hall–Kier alpha value is -2.51. The molecule has 0 aliphatic carbocycles. The highest BCUT2D eigenvalue weighted by Crippen LogP contribution is 2.09. The Morgan fingerprint density at radius 1 is 1.32 bits per heavy atom. The fraction of sp³-hybridized carbons (Fsp3) is 0.133. The predicted octanol–water partition coefficient (Wildman–Crippen LogP) is 1.18. The van der Waals surface area contributed by atoms with Gasteiger partial charge in [0.1, 0.15) is 5.56 Å². The Labute approximate surface area is 129 Å². The molecule has 0 unspecified atom stereocenters. The van der Waals surface area contributed by atoms with E-state index in [1.807, 2.05) is 18.2 Å². The van der Waals surface area contributed by atoms with E-state index in [-0.39, 0.29) is 24.3 Å². The van der Waals surface area contributed by atoms with Crippen molar-refractivity contribution in [3.8, 4) is 0 Å². The second-order valence-corrected chi connectivity index (χ2v) is 5.52. The number of rotatable bonds is 4. The summed E-state index contributed by atoms with van der Waals surface area (Å²) in [4.78, 5) is 29.0. The average Bonchev–Trinajstić information content (AvgIpc) is 3.02. The fourth-order valence-corrected chi connectivity index (χ4v) is 2.81. The number of carbonyl (C=O) groups is 1. The van der Waals surface area contributed by atoms with Crippen molar-refractivity contribution in [2.45, 2.75) is 13.2 Å². The number of nitrogens with one attached hydrogen (secondary N) is 1. The summed E-state index contributed by atoms with van der Waals surface area (Å²) in [5.41, 5.74) is 1.16. The summed E-state index contributed by atoms with van der Waals surface area (Å²) in [6.45, 7) is 0.137. The first kappa shape index (κ1) is 14.4. The van der Waals surface area contributed by atoms with Crippen molar-refractivity contribution >= 4 is 22.2 Å². The summed E-state index contributed by atoms with van der Waals surface area (Å²) < 4.78 is 1.35. The zero-order chi connectivity index (χ0) is 15.5. The molecule has 22 heavy (non-hydrogen) atoms. The first-order chi connectivity index (χ1) is 10.7. The van der Waals surface area contributed by atoms with Crippen LogP contribution in [0, 0.1) is 0 Å². The standard InChI is InChI=1S/C15H13N3O3S/c19-9-11-4-2-1-3-10(11)7-16-13(20)12-8-17-15-18(14(12)21)5-6-22-15/h1-6,8,19H,7,9H2,(H,16,20). The van der Waals surface area contributed by atoms with Gasteiger partial charge in [-0.25, -0.2) is 4.98 Å². The van der Waals surface area contributed by atoms with E-state index in [0.29, 0.717) is 4.96 Å². The van der Waals surface area contributed by atoms with Gasteiger partial charge in [-0.05, 0) is 11.1 Å². The third kappa shape index (κ3) is 2.63. The van der Waals surface area contributed by atoms with E-state index in [1.165, 1.54) is 21.9 Å². The summed E-state index contributed by atoms with van der Waals surface area (Å²) in [5, 5.41) is 13.7. The van der Waals surface area contributed by atoms with Gasteiger partial charge in [0, 0.05) is 24.3 Å².